The summed E-state index contributed by atoms with van der Waals surface area (Å²) in [5.74, 6) is -1.38. The third kappa shape index (κ3) is 2.67. The first-order valence-electron chi connectivity index (χ1n) is 4.31. The monoisotopic (exact) mass is 227 g/mol. The number of nitro benzene ring substituents is 1. The SMILES string of the molecule is O=C(O)c1ccc([N+](=O)[O-])cc1OCCO. The van der Waals surface area contributed by atoms with Gasteiger partial charge in [0, 0.05) is 6.07 Å². The zero-order valence-corrected chi connectivity index (χ0v) is 8.12. The zero-order valence-electron chi connectivity index (χ0n) is 8.12. The van der Waals surface area contributed by atoms with Gasteiger partial charge >= 0.3 is 5.97 Å². The molecule has 0 bridgehead atoms. The van der Waals surface area contributed by atoms with Gasteiger partial charge in [-0.3, -0.25) is 10.1 Å². The van der Waals surface area contributed by atoms with Crippen molar-refractivity contribution in [1.82, 2.24) is 0 Å². The lowest BCUT2D eigenvalue weighted by Gasteiger charge is -2.07. The summed E-state index contributed by atoms with van der Waals surface area (Å²) >= 11 is 0. The quantitative estimate of drug-likeness (QED) is 0.564. The maximum atomic E-state index is 10.8. The van der Waals surface area contributed by atoms with Crippen molar-refractivity contribution in [2.24, 2.45) is 0 Å². The van der Waals surface area contributed by atoms with Crippen LogP contribution in [0.25, 0.3) is 0 Å². The Kier molecular flexibility index (Phi) is 3.78. The lowest BCUT2D eigenvalue weighted by atomic mass is 10.2. The van der Waals surface area contributed by atoms with Crippen LogP contribution < -0.4 is 4.74 Å². The number of non-ortho nitro benzene ring substituents is 1. The van der Waals surface area contributed by atoms with E-state index >= 15 is 0 Å². The summed E-state index contributed by atoms with van der Waals surface area (Å²) < 4.78 is 4.90. The van der Waals surface area contributed by atoms with E-state index in [0.717, 1.165) is 18.2 Å². The van der Waals surface area contributed by atoms with Gasteiger partial charge in [0.15, 0.2) is 0 Å². The Morgan fingerprint density at radius 1 is 1.50 bits per heavy atom. The lowest BCUT2D eigenvalue weighted by Crippen LogP contribution is -2.07. The number of hydrogen-bond acceptors (Lipinski definition) is 5. The fourth-order valence-corrected chi connectivity index (χ4v) is 1.08. The number of aromatic carboxylic acids is 1. The third-order valence-corrected chi connectivity index (χ3v) is 1.76. The molecule has 0 saturated carbocycles. The molecule has 86 valence electrons. The number of carboxylic acid groups (broad SMARTS) is 1. The average Bonchev–Trinajstić information content (AvgIpc) is 2.25. The predicted octanol–water partition coefficient (Wildman–Crippen LogP) is 0.664. The number of ether oxygens (including phenoxy) is 1. The van der Waals surface area contributed by atoms with Crippen LogP contribution in [0.15, 0.2) is 18.2 Å². The van der Waals surface area contributed by atoms with Gasteiger partial charge in [0.2, 0.25) is 0 Å². The number of carbonyl (C=O) groups is 1. The standard InChI is InChI=1S/C9H9NO6/c11-3-4-16-8-5-6(10(14)15)1-2-7(8)9(12)13/h1-2,5,11H,3-4H2,(H,12,13). The molecule has 2 N–H and O–H groups in total. The second kappa shape index (κ2) is 5.08. The van der Waals surface area contributed by atoms with E-state index in [2.05, 4.69) is 0 Å². The van der Waals surface area contributed by atoms with E-state index in [1.165, 1.54) is 0 Å². The fourth-order valence-electron chi connectivity index (χ4n) is 1.08. The lowest BCUT2D eigenvalue weighted by molar-refractivity contribution is -0.384. The second-order valence-electron chi connectivity index (χ2n) is 2.81. The van der Waals surface area contributed by atoms with Crippen molar-refractivity contribution in [3.8, 4) is 5.75 Å². The minimum absolute atomic E-state index is 0.124. The molecule has 0 saturated heterocycles. The van der Waals surface area contributed by atoms with Gasteiger partial charge in [-0.1, -0.05) is 0 Å². The maximum absolute atomic E-state index is 10.8. The topological polar surface area (TPSA) is 110 Å². The molecule has 7 nitrogen and oxygen atoms in total. The highest BCUT2D eigenvalue weighted by atomic mass is 16.6. The largest absolute Gasteiger partial charge is 0.490 e. The van der Waals surface area contributed by atoms with E-state index in [4.69, 9.17) is 14.9 Å². The summed E-state index contributed by atoms with van der Waals surface area (Å²) in [6.07, 6.45) is 0. The Bertz CT molecular complexity index is 416. The molecule has 0 aliphatic carbocycles. The molecule has 0 aliphatic heterocycles. The van der Waals surface area contributed by atoms with E-state index in [1.54, 1.807) is 0 Å². The zero-order chi connectivity index (χ0) is 12.1. The van der Waals surface area contributed by atoms with Crippen LogP contribution in [0.3, 0.4) is 0 Å². The molecule has 0 fully saturated rings. The van der Waals surface area contributed by atoms with Crippen molar-refractivity contribution in [3.05, 3.63) is 33.9 Å². The van der Waals surface area contributed by atoms with Crippen molar-refractivity contribution in [2.45, 2.75) is 0 Å². The van der Waals surface area contributed by atoms with Crippen LogP contribution in [-0.2, 0) is 0 Å². The molecule has 0 aromatic heterocycles. The maximum Gasteiger partial charge on any atom is 0.339 e. The van der Waals surface area contributed by atoms with Crippen molar-refractivity contribution in [1.29, 1.82) is 0 Å². The van der Waals surface area contributed by atoms with Crippen molar-refractivity contribution in [2.75, 3.05) is 13.2 Å². The number of carboxylic acids is 1. The Balaban J connectivity index is 3.10. The van der Waals surface area contributed by atoms with Gasteiger partial charge in [-0.05, 0) is 6.07 Å². The molecular weight excluding hydrogens is 218 g/mol. The molecule has 0 spiro atoms. The normalized spacial score (nSPS) is 9.81. The minimum atomic E-state index is -1.25. The summed E-state index contributed by atoms with van der Waals surface area (Å²) in [6.45, 7) is -0.427. The van der Waals surface area contributed by atoms with Gasteiger partial charge < -0.3 is 14.9 Å². The first-order chi connectivity index (χ1) is 7.56. The molecule has 0 atom stereocenters. The molecule has 7 heteroatoms. The Morgan fingerprint density at radius 2 is 2.19 bits per heavy atom. The van der Waals surface area contributed by atoms with Crippen molar-refractivity contribution < 1.29 is 24.7 Å². The highest BCUT2D eigenvalue weighted by molar-refractivity contribution is 5.91. The first kappa shape index (κ1) is 11.9. The van der Waals surface area contributed by atoms with Crippen molar-refractivity contribution in [3.63, 3.8) is 0 Å². The number of hydrogen-bond donors (Lipinski definition) is 2. The second-order valence-corrected chi connectivity index (χ2v) is 2.81. The van der Waals surface area contributed by atoms with E-state index in [-0.39, 0.29) is 30.2 Å². The van der Waals surface area contributed by atoms with Crippen LogP contribution in [-0.4, -0.2) is 34.3 Å². The Morgan fingerprint density at radius 3 is 2.69 bits per heavy atom. The van der Waals surface area contributed by atoms with Gasteiger partial charge in [-0.15, -0.1) is 0 Å². The number of aliphatic hydroxyl groups is 1. The number of rotatable bonds is 5. The molecule has 16 heavy (non-hydrogen) atoms. The molecule has 1 rings (SSSR count). The van der Waals surface area contributed by atoms with Crippen LogP contribution >= 0.6 is 0 Å². The third-order valence-electron chi connectivity index (χ3n) is 1.76. The molecule has 1 aromatic carbocycles. The molecule has 0 amide bonds. The molecule has 0 unspecified atom stereocenters. The van der Waals surface area contributed by atoms with Crippen LogP contribution in [0.1, 0.15) is 10.4 Å². The highest BCUT2D eigenvalue weighted by Crippen LogP contribution is 2.24. The van der Waals surface area contributed by atoms with E-state index < -0.39 is 10.9 Å². The molecule has 0 aliphatic rings. The molecule has 0 radical (unpaired) electrons. The number of benzene rings is 1. The van der Waals surface area contributed by atoms with Crippen LogP contribution in [0.4, 0.5) is 5.69 Å². The molecular formula is C9H9NO6. The predicted molar refractivity (Wildman–Crippen MR) is 52.6 cm³/mol. The van der Waals surface area contributed by atoms with E-state index in [0.29, 0.717) is 0 Å². The molecule has 1 aromatic rings. The molecule has 0 heterocycles. The minimum Gasteiger partial charge on any atom is -0.490 e. The number of aliphatic hydroxyl groups excluding tert-OH is 1. The Labute approximate surface area is 90.0 Å². The van der Waals surface area contributed by atoms with Gasteiger partial charge in [-0.2, -0.15) is 0 Å². The van der Waals surface area contributed by atoms with Gasteiger partial charge in [-0.25, -0.2) is 4.79 Å². The van der Waals surface area contributed by atoms with Crippen LogP contribution in [0.2, 0.25) is 0 Å². The van der Waals surface area contributed by atoms with E-state index in [1.807, 2.05) is 0 Å². The van der Waals surface area contributed by atoms with E-state index in [9.17, 15) is 14.9 Å². The number of nitro groups is 1. The fraction of sp³-hybridized carbons (Fsp3) is 0.222. The number of nitrogens with zero attached hydrogens (tertiary/aromatic N) is 1. The summed E-state index contributed by atoms with van der Waals surface area (Å²) in [6, 6.07) is 3.18. The van der Waals surface area contributed by atoms with Gasteiger partial charge in [0.1, 0.15) is 17.9 Å². The smallest absolute Gasteiger partial charge is 0.339 e. The Hall–Kier alpha value is -2.15. The van der Waals surface area contributed by atoms with Gasteiger partial charge in [0.05, 0.1) is 17.6 Å². The van der Waals surface area contributed by atoms with Crippen molar-refractivity contribution >= 4 is 11.7 Å². The van der Waals surface area contributed by atoms with Gasteiger partial charge in [0.25, 0.3) is 5.69 Å². The summed E-state index contributed by atoms with van der Waals surface area (Å²) in [5, 5.41) is 27.8. The summed E-state index contributed by atoms with van der Waals surface area (Å²) in [5.41, 5.74) is -0.447. The van der Waals surface area contributed by atoms with Crippen LogP contribution in [0.5, 0.6) is 5.75 Å². The highest BCUT2D eigenvalue weighted by Gasteiger charge is 2.16. The first-order valence-corrected chi connectivity index (χ1v) is 4.31. The summed E-state index contributed by atoms with van der Waals surface area (Å²) in [7, 11) is 0. The van der Waals surface area contributed by atoms with Crippen LogP contribution in [0, 0.1) is 10.1 Å². The average molecular weight is 227 g/mol. The summed E-state index contributed by atoms with van der Waals surface area (Å²) in [4.78, 5) is 20.6.